The number of benzene rings is 2. The van der Waals surface area contributed by atoms with Gasteiger partial charge in [0, 0.05) is 35.3 Å². The largest absolute Gasteiger partial charge is 0.342 e. The Kier molecular flexibility index (Phi) is 6.89. The van der Waals surface area contributed by atoms with E-state index in [9.17, 15) is 9.59 Å². The maximum atomic E-state index is 12.0. The first-order valence-corrected chi connectivity index (χ1v) is 9.61. The highest BCUT2D eigenvalue weighted by molar-refractivity contribution is 6.32. The highest BCUT2D eigenvalue weighted by Gasteiger charge is 2.19. The minimum absolute atomic E-state index is 0.178. The Balaban J connectivity index is 1.50. The van der Waals surface area contributed by atoms with Crippen LogP contribution in [0.15, 0.2) is 54.6 Å². The molecule has 2 aromatic rings. The fraction of sp³-hybridized carbons (Fsp3) is 0.217. The van der Waals surface area contributed by atoms with Crippen LogP contribution in [0.1, 0.15) is 30.4 Å². The molecule has 1 N–H and O–H groups in total. The van der Waals surface area contributed by atoms with Gasteiger partial charge in [0.2, 0.25) is 11.8 Å². The molecule has 0 aliphatic carbocycles. The molecule has 1 aliphatic heterocycles. The van der Waals surface area contributed by atoms with E-state index in [2.05, 4.69) is 17.2 Å². The summed E-state index contributed by atoms with van der Waals surface area (Å²) in [5.74, 6) is 5.89. The molecule has 0 atom stereocenters. The van der Waals surface area contributed by atoms with Crippen LogP contribution in [0.4, 0.5) is 5.69 Å². The standard InChI is InChI=1S/C23H21ClN2O2/c24-21-8-2-1-7-19(21)12-15-22(27)25-16-5-6-18-10-13-20(14-11-18)26-17-4-3-9-23(26)28/h1-2,7-8,10-15H,3-4,9,16-17H2,(H,25,27)/b15-12+. The highest BCUT2D eigenvalue weighted by atomic mass is 35.5. The van der Waals surface area contributed by atoms with E-state index in [1.54, 1.807) is 12.1 Å². The summed E-state index contributed by atoms with van der Waals surface area (Å²) in [6, 6.07) is 14.9. The summed E-state index contributed by atoms with van der Waals surface area (Å²) >= 11 is 6.04. The number of halogens is 1. The van der Waals surface area contributed by atoms with Gasteiger partial charge >= 0.3 is 0 Å². The zero-order chi connectivity index (χ0) is 19.8. The molecular formula is C23H21ClN2O2. The smallest absolute Gasteiger partial charge is 0.244 e. The third kappa shape index (κ3) is 5.48. The summed E-state index contributed by atoms with van der Waals surface area (Å²) in [5.41, 5.74) is 2.54. The Morgan fingerprint density at radius 1 is 1.14 bits per heavy atom. The van der Waals surface area contributed by atoms with Gasteiger partial charge in [-0.2, -0.15) is 0 Å². The number of carbonyl (C=O) groups is 2. The third-order valence-electron chi connectivity index (χ3n) is 4.41. The van der Waals surface area contributed by atoms with Crippen LogP contribution < -0.4 is 10.2 Å². The van der Waals surface area contributed by atoms with Crippen molar-refractivity contribution in [2.24, 2.45) is 0 Å². The number of piperidine rings is 1. The first kappa shape index (κ1) is 19.7. The van der Waals surface area contributed by atoms with Crippen LogP contribution in [0.3, 0.4) is 0 Å². The number of carbonyl (C=O) groups excluding carboxylic acids is 2. The molecule has 1 aliphatic rings. The van der Waals surface area contributed by atoms with Crippen molar-refractivity contribution in [2.45, 2.75) is 19.3 Å². The number of hydrogen-bond donors (Lipinski definition) is 1. The van der Waals surface area contributed by atoms with Gasteiger partial charge in [-0.05, 0) is 54.8 Å². The molecule has 0 aromatic heterocycles. The lowest BCUT2D eigenvalue weighted by atomic mass is 10.1. The summed E-state index contributed by atoms with van der Waals surface area (Å²) in [7, 11) is 0. The molecule has 0 unspecified atom stereocenters. The summed E-state index contributed by atoms with van der Waals surface area (Å²) in [6.45, 7) is 1.02. The molecule has 2 aromatic carbocycles. The maximum absolute atomic E-state index is 12.0. The predicted octanol–water partition coefficient (Wildman–Crippen LogP) is 4.04. The second-order valence-corrected chi connectivity index (χ2v) is 6.83. The van der Waals surface area contributed by atoms with Crippen LogP contribution >= 0.6 is 11.6 Å². The Bertz CT molecular complexity index is 939. The number of anilines is 1. The van der Waals surface area contributed by atoms with E-state index in [1.807, 2.05) is 47.4 Å². The van der Waals surface area contributed by atoms with Crippen molar-refractivity contribution in [3.63, 3.8) is 0 Å². The van der Waals surface area contributed by atoms with Gasteiger partial charge in [-0.1, -0.05) is 41.6 Å². The average molecular weight is 393 g/mol. The molecule has 1 saturated heterocycles. The van der Waals surface area contributed by atoms with E-state index in [-0.39, 0.29) is 18.4 Å². The Hall–Kier alpha value is -3.03. The molecule has 142 valence electrons. The molecular weight excluding hydrogens is 372 g/mol. The quantitative estimate of drug-likeness (QED) is 0.630. The fourth-order valence-electron chi connectivity index (χ4n) is 2.92. The second kappa shape index (κ2) is 9.77. The minimum atomic E-state index is -0.229. The highest BCUT2D eigenvalue weighted by Crippen LogP contribution is 2.21. The first-order valence-electron chi connectivity index (χ1n) is 9.23. The molecule has 4 nitrogen and oxygen atoms in total. The first-order chi connectivity index (χ1) is 13.6. The number of amides is 2. The van der Waals surface area contributed by atoms with Gasteiger partial charge in [-0.25, -0.2) is 0 Å². The molecule has 28 heavy (non-hydrogen) atoms. The molecule has 0 saturated carbocycles. The summed E-state index contributed by atoms with van der Waals surface area (Å²) in [6.07, 6.45) is 5.74. The van der Waals surface area contributed by atoms with Gasteiger partial charge in [0.1, 0.15) is 0 Å². The third-order valence-corrected chi connectivity index (χ3v) is 4.75. The SMILES string of the molecule is O=C(/C=C/c1ccccc1Cl)NCC#Cc1ccc(N2CCCCC2=O)cc1. The van der Waals surface area contributed by atoms with Crippen molar-refractivity contribution in [2.75, 3.05) is 18.0 Å². The maximum Gasteiger partial charge on any atom is 0.244 e. The number of rotatable bonds is 4. The lowest BCUT2D eigenvalue weighted by Gasteiger charge is -2.26. The summed E-state index contributed by atoms with van der Waals surface area (Å²) in [4.78, 5) is 25.6. The molecule has 0 spiro atoms. The molecule has 0 bridgehead atoms. The van der Waals surface area contributed by atoms with Gasteiger partial charge in [-0.3, -0.25) is 9.59 Å². The van der Waals surface area contributed by atoms with Crippen molar-refractivity contribution < 1.29 is 9.59 Å². The van der Waals surface area contributed by atoms with Gasteiger partial charge < -0.3 is 10.2 Å². The van der Waals surface area contributed by atoms with E-state index in [0.717, 1.165) is 36.2 Å². The molecule has 1 fully saturated rings. The lowest BCUT2D eigenvalue weighted by Crippen LogP contribution is -2.35. The van der Waals surface area contributed by atoms with Crippen molar-refractivity contribution >= 4 is 35.2 Å². The Labute approximate surface area is 170 Å². The molecule has 0 radical (unpaired) electrons. The van der Waals surface area contributed by atoms with Crippen LogP contribution in [-0.2, 0) is 9.59 Å². The van der Waals surface area contributed by atoms with Crippen LogP contribution in [0, 0.1) is 11.8 Å². The van der Waals surface area contributed by atoms with Crippen molar-refractivity contribution in [1.82, 2.24) is 5.32 Å². The zero-order valence-corrected chi connectivity index (χ0v) is 16.2. The van der Waals surface area contributed by atoms with Crippen molar-refractivity contribution in [3.05, 3.63) is 70.8 Å². The molecule has 1 heterocycles. The van der Waals surface area contributed by atoms with Gasteiger partial charge in [0.05, 0.1) is 6.54 Å². The molecule has 2 amide bonds. The number of nitrogens with zero attached hydrogens (tertiary/aromatic N) is 1. The van der Waals surface area contributed by atoms with Gasteiger partial charge in [0.25, 0.3) is 0 Å². The number of nitrogens with one attached hydrogen (secondary N) is 1. The van der Waals surface area contributed by atoms with Gasteiger partial charge in [0.15, 0.2) is 0 Å². The average Bonchev–Trinajstić information content (AvgIpc) is 2.71. The summed E-state index contributed by atoms with van der Waals surface area (Å²) in [5, 5.41) is 3.31. The summed E-state index contributed by atoms with van der Waals surface area (Å²) < 4.78 is 0. The minimum Gasteiger partial charge on any atom is -0.342 e. The van der Waals surface area contributed by atoms with Crippen LogP contribution in [0.5, 0.6) is 0 Å². The van der Waals surface area contributed by atoms with E-state index in [0.29, 0.717) is 11.4 Å². The van der Waals surface area contributed by atoms with Crippen LogP contribution in [0.2, 0.25) is 5.02 Å². The molecule has 5 heteroatoms. The van der Waals surface area contributed by atoms with E-state index in [1.165, 1.54) is 6.08 Å². The fourth-order valence-corrected chi connectivity index (χ4v) is 3.11. The second-order valence-electron chi connectivity index (χ2n) is 6.42. The van der Waals surface area contributed by atoms with Crippen LogP contribution in [-0.4, -0.2) is 24.9 Å². The van der Waals surface area contributed by atoms with Crippen molar-refractivity contribution in [1.29, 1.82) is 0 Å². The van der Waals surface area contributed by atoms with Gasteiger partial charge in [-0.15, -0.1) is 0 Å². The van der Waals surface area contributed by atoms with Crippen molar-refractivity contribution in [3.8, 4) is 11.8 Å². The van der Waals surface area contributed by atoms with E-state index in [4.69, 9.17) is 11.6 Å². The van der Waals surface area contributed by atoms with E-state index >= 15 is 0 Å². The normalized spacial score (nSPS) is 13.9. The molecule has 3 rings (SSSR count). The van der Waals surface area contributed by atoms with E-state index < -0.39 is 0 Å². The zero-order valence-electron chi connectivity index (χ0n) is 15.5. The topological polar surface area (TPSA) is 49.4 Å². The Morgan fingerprint density at radius 2 is 1.93 bits per heavy atom. The lowest BCUT2D eigenvalue weighted by molar-refractivity contribution is -0.119. The monoisotopic (exact) mass is 392 g/mol. The Morgan fingerprint density at radius 3 is 2.68 bits per heavy atom. The number of hydrogen-bond acceptors (Lipinski definition) is 2. The van der Waals surface area contributed by atoms with Crippen LogP contribution in [0.25, 0.3) is 6.08 Å². The predicted molar refractivity (Wildman–Crippen MR) is 113 cm³/mol.